The number of carbonyl (C=O) groups is 3. The SMILES string of the molecule is O=C(c1ccccc1)N1CCN(c2cccc3c2C(=O)N(C2CCCCCCC2)C3=O)CC1. The third-order valence-electron chi connectivity index (χ3n) is 7.29. The van der Waals surface area contributed by atoms with Crippen molar-refractivity contribution >= 4 is 23.4 Å². The summed E-state index contributed by atoms with van der Waals surface area (Å²) >= 11 is 0. The first-order valence-electron chi connectivity index (χ1n) is 12.3. The lowest BCUT2D eigenvalue weighted by Gasteiger charge is -2.36. The van der Waals surface area contributed by atoms with E-state index in [0.717, 1.165) is 31.4 Å². The molecule has 6 nitrogen and oxygen atoms in total. The van der Waals surface area contributed by atoms with E-state index in [1.807, 2.05) is 47.4 Å². The second-order valence-electron chi connectivity index (χ2n) is 9.32. The van der Waals surface area contributed by atoms with Gasteiger partial charge in [0.1, 0.15) is 0 Å². The molecule has 0 N–H and O–H groups in total. The molecule has 2 aliphatic heterocycles. The topological polar surface area (TPSA) is 60.9 Å². The average Bonchev–Trinajstić information content (AvgIpc) is 3.09. The zero-order chi connectivity index (χ0) is 22.8. The molecule has 1 saturated heterocycles. The van der Waals surface area contributed by atoms with E-state index < -0.39 is 0 Å². The Morgan fingerprint density at radius 1 is 0.727 bits per heavy atom. The average molecular weight is 446 g/mol. The predicted octanol–water partition coefficient (Wildman–Crippen LogP) is 4.36. The largest absolute Gasteiger partial charge is 0.367 e. The van der Waals surface area contributed by atoms with Gasteiger partial charge in [0.2, 0.25) is 0 Å². The molecule has 0 aromatic heterocycles. The Morgan fingerprint density at radius 3 is 2.09 bits per heavy atom. The van der Waals surface area contributed by atoms with Crippen LogP contribution in [0.1, 0.15) is 76.0 Å². The van der Waals surface area contributed by atoms with Crippen LogP contribution < -0.4 is 4.90 Å². The Bertz CT molecular complexity index is 1040. The normalized spacial score (nSPS) is 19.9. The minimum absolute atomic E-state index is 0.00545. The maximum Gasteiger partial charge on any atom is 0.263 e. The van der Waals surface area contributed by atoms with E-state index >= 15 is 0 Å². The van der Waals surface area contributed by atoms with Crippen LogP contribution in [0.2, 0.25) is 0 Å². The standard InChI is InChI=1S/C27H31N3O3/c31-25(20-10-5-4-6-11-20)29-18-16-28(17-19-29)23-15-9-14-22-24(23)27(33)30(26(22)32)21-12-7-2-1-3-8-13-21/h4-6,9-11,14-15,21H,1-3,7-8,12-13,16-19H2. The van der Waals surface area contributed by atoms with Gasteiger partial charge in [0.15, 0.2) is 0 Å². The quantitative estimate of drug-likeness (QED) is 0.659. The zero-order valence-electron chi connectivity index (χ0n) is 19.0. The van der Waals surface area contributed by atoms with E-state index in [0.29, 0.717) is 42.9 Å². The van der Waals surface area contributed by atoms with Crippen molar-refractivity contribution in [2.45, 2.75) is 51.0 Å². The molecule has 2 heterocycles. The molecule has 2 aromatic rings. The van der Waals surface area contributed by atoms with E-state index in [1.165, 1.54) is 19.3 Å². The third kappa shape index (κ3) is 4.14. The summed E-state index contributed by atoms with van der Waals surface area (Å²) in [6, 6.07) is 15.0. The minimum Gasteiger partial charge on any atom is -0.367 e. The Kier molecular flexibility index (Phi) is 6.16. The molecule has 3 aliphatic rings. The van der Waals surface area contributed by atoms with E-state index in [9.17, 15) is 14.4 Å². The van der Waals surface area contributed by atoms with Crippen molar-refractivity contribution in [2.75, 3.05) is 31.1 Å². The van der Waals surface area contributed by atoms with Crippen LogP contribution in [0, 0.1) is 0 Å². The molecule has 33 heavy (non-hydrogen) atoms. The second kappa shape index (κ2) is 9.38. The summed E-state index contributed by atoms with van der Waals surface area (Å²) in [6.07, 6.45) is 7.55. The summed E-state index contributed by atoms with van der Waals surface area (Å²) in [5, 5.41) is 0. The number of imide groups is 1. The van der Waals surface area contributed by atoms with Crippen molar-refractivity contribution < 1.29 is 14.4 Å². The van der Waals surface area contributed by atoms with E-state index in [2.05, 4.69) is 4.90 Å². The Labute approximate surface area is 195 Å². The van der Waals surface area contributed by atoms with Gasteiger partial charge >= 0.3 is 0 Å². The highest BCUT2D eigenvalue weighted by Gasteiger charge is 2.42. The Morgan fingerprint density at radius 2 is 1.39 bits per heavy atom. The highest BCUT2D eigenvalue weighted by Crippen LogP contribution is 2.35. The number of nitrogens with zero attached hydrogens (tertiary/aromatic N) is 3. The number of anilines is 1. The monoisotopic (exact) mass is 445 g/mol. The van der Waals surface area contributed by atoms with E-state index in [1.54, 1.807) is 11.0 Å². The van der Waals surface area contributed by atoms with Gasteiger partial charge in [-0.05, 0) is 37.1 Å². The van der Waals surface area contributed by atoms with Crippen LogP contribution in [0.3, 0.4) is 0 Å². The molecule has 0 atom stereocenters. The van der Waals surface area contributed by atoms with Crippen molar-refractivity contribution in [3.63, 3.8) is 0 Å². The molecular weight excluding hydrogens is 414 g/mol. The number of hydrogen-bond acceptors (Lipinski definition) is 4. The van der Waals surface area contributed by atoms with Crippen molar-refractivity contribution in [2.24, 2.45) is 0 Å². The van der Waals surface area contributed by atoms with Gasteiger partial charge in [0.25, 0.3) is 17.7 Å². The molecule has 1 aliphatic carbocycles. The van der Waals surface area contributed by atoms with Crippen LogP contribution in [0.25, 0.3) is 0 Å². The van der Waals surface area contributed by atoms with E-state index in [-0.39, 0.29) is 23.8 Å². The maximum atomic E-state index is 13.5. The summed E-state index contributed by atoms with van der Waals surface area (Å²) in [5.41, 5.74) is 2.60. The number of piperazine rings is 1. The van der Waals surface area contributed by atoms with Gasteiger partial charge < -0.3 is 9.80 Å². The Balaban J connectivity index is 1.33. The number of hydrogen-bond donors (Lipinski definition) is 0. The number of amides is 3. The van der Waals surface area contributed by atoms with Crippen LogP contribution in [0.15, 0.2) is 48.5 Å². The van der Waals surface area contributed by atoms with Crippen molar-refractivity contribution in [3.8, 4) is 0 Å². The molecule has 172 valence electrons. The Hall–Kier alpha value is -3.15. The van der Waals surface area contributed by atoms with Crippen LogP contribution in [0.5, 0.6) is 0 Å². The molecular formula is C27H31N3O3. The molecule has 0 radical (unpaired) electrons. The molecule has 1 saturated carbocycles. The molecule has 6 heteroatoms. The van der Waals surface area contributed by atoms with E-state index in [4.69, 9.17) is 0 Å². The van der Waals surface area contributed by atoms with Crippen molar-refractivity contribution in [3.05, 3.63) is 65.2 Å². The van der Waals surface area contributed by atoms with Crippen molar-refractivity contribution in [1.82, 2.24) is 9.80 Å². The second-order valence-corrected chi connectivity index (χ2v) is 9.32. The summed E-state index contributed by atoms with van der Waals surface area (Å²) in [4.78, 5) is 45.2. The molecule has 5 rings (SSSR count). The highest BCUT2D eigenvalue weighted by molar-refractivity contribution is 6.24. The lowest BCUT2D eigenvalue weighted by atomic mass is 9.95. The lowest BCUT2D eigenvalue weighted by Crippen LogP contribution is -2.49. The third-order valence-corrected chi connectivity index (χ3v) is 7.29. The van der Waals surface area contributed by atoms with Crippen LogP contribution in [-0.2, 0) is 0 Å². The van der Waals surface area contributed by atoms with Gasteiger partial charge in [-0.25, -0.2) is 0 Å². The highest BCUT2D eigenvalue weighted by atomic mass is 16.2. The minimum atomic E-state index is -0.140. The van der Waals surface area contributed by atoms with Gasteiger partial charge in [0, 0.05) is 37.8 Å². The van der Waals surface area contributed by atoms with Gasteiger partial charge in [-0.2, -0.15) is 0 Å². The number of fused-ring (bicyclic) bond motifs is 1. The summed E-state index contributed by atoms with van der Waals surface area (Å²) in [5.74, 6) is -0.241. The smallest absolute Gasteiger partial charge is 0.263 e. The van der Waals surface area contributed by atoms with Gasteiger partial charge in [-0.1, -0.05) is 56.4 Å². The molecule has 0 bridgehead atoms. The number of carbonyl (C=O) groups excluding carboxylic acids is 3. The molecule has 3 amide bonds. The zero-order valence-corrected chi connectivity index (χ0v) is 19.0. The number of rotatable bonds is 3. The van der Waals surface area contributed by atoms with Crippen molar-refractivity contribution in [1.29, 1.82) is 0 Å². The van der Waals surface area contributed by atoms with Gasteiger partial charge in [-0.3, -0.25) is 19.3 Å². The molecule has 2 aromatic carbocycles. The van der Waals surface area contributed by atoms with Crippen LogP contribution in [0.4, 0.5) is 5.69 Å². The first kappa shape index (κ1) is 21.7. The fourth-order valence-corrected chi connectivity index (χ4v) is 5.49. The van der Waals surface area contributed by atoms with Gasteiger partial charge in [-0.15, -0.1) is 0 Å². The first-order valence-corrected chi connectivity index (χ1v) is 12.3. The molecule has 0 unspecified atom stereocenters. The van der Waals surface area contributed by atoms with Crippen LogP contribution in [-0.4, -0.2) is 59.7 Å². The number of benzene rings is 2. The van der Waals surface area contributed by atoms with Gasteiger partial charge in [0.05, 0.1) is 16.8 Å². The predicted molar refractivity (Wildman–Crippen MR) is 128 cm³/mol. The molecule has 2 fully saturated rings. The summed E-state index contributed by atoms with van der Waals surface area (Å²) < 4.78 is 0. The summed E-state index contributed by atoms with van der Waals surface area (Å²) in [6.45, 7) is 2.46. The fourth-order valence-electron chi connectivity index (χ4n) is 5.49. The summed E-state index contributed by atoms with van der Waals surface area (Å²) in [7, 11) is 0. The fraction of sp³-hybridized carbons (Fsp3) is 0.444. The first-order chi connectivity index (χ1) is 16.1. The van der Waals surface area contributed by atoms with Crippen LogP contribution >= 0.6 is 0 Å². The lowest BCUT2D eigenvalue weighted by molar-refractivity contribution is 0.0558. The maximum absolute atomic E-state index is 13.5. The molecule has 0 spiro atoms.